The number of rotatable bonds is 1. The Hall–Kier alpha value is 0.200. The highest BCUT2D eigenvalue weighted by molar-refractivity contribution is 14.1. The lowest BCUT2D eigenvalue weighted by Gasteiger charge is -2.05. The molecule has 0 aliphatic heterocycles. The van der Waals surface area contributed by atoms with Crippen LogP contribution in [0, 0.1) is 10.5 Å². The summed E-state index contributed by atoms with van der Waals surface area (Å²) in [5.74, 6) is 0. The third kappa shape index (κ3) is 2.07. The fourth-order valence-corrected chi connectivity index (χ4v) is 2.02. The van der Waals surface area contributed by atoms with E-state index in [-0.39, 0.29) is 0 Å². The third-order valence-electron chi connectivity index (χ3n) is 1.64. The SMILES string of the molecule is Cc1c(Cl)cc(I)cc1CN. The normalized spacial score (nSPS) is 10.2. The van der Waals surface area contributed by atoms with Crippen LogP contribution in [0.4, 0.5) is 0 Å². The van der Waals surface area contributed by atoms with Crippen molar-refractivity contribution in [3.8, 4) is 0 Å². The molecule has 0 fully saturated rings. The monoisotopic (exact) mass is 281 g/mol. The van der Waals surface area contributed by atoms with Crippen LogP contribution in [0.2, 0.25) is 5.02 Å². The van der Waals surface area contributed by atoms with Gasteiger partial charge in [-0.25, -0.2) is 0 Å². The zero-order valence-corrected chi connectivity index (χ0v) is 9.11. The molecule has 0 bridgehead atoms. The molecular formula is C8H9ClIN. The highest BCUT2D eigenvalue weighted by Gasteiger charge is 2.01. The van der Waals surface area contributed by atoms with Crippen LogP contribution in [0.25, 0.3) is 0 Å². The second kappa shape index (κ2) is 3.74. The van der Waals surface area contributed by atoms with Crippen LogP contribution in [0.5, 0.6) is 0 Å². The molecule has 0 saturated heterocycles. The van der Waals surface area contributed by atoms with Gasteiger partial charge in [-0.05, 0) is 52.8 Å². The molecule has 0 heterocycles. The van der Waals surface area contributed by atoms with Crippen LogP contribution in [0.15, 0.2) is 12.1 Å². The molecule has 0 aromatic heterocycles. The van der Waals surface area contributed by atoms with Crippen molar-refractivity contribution in [2.75, 3.05) is 0 Å². The van der Waals surface area contributed by atoms with Gasteiger partial charge in [0.25, 0.3) is 0 Å². The van der Waals surface area contributed by atoms with Crippen molar-refractivity contribution in [1.82, 2.24) is 0 Å². The van der Waals surface area contributed by atoms with Gasteiger partial charge in [0, 0.05) is 15.1 Å². The highest BCUT2D eigenvalue weighted by Crippen LogP contribution is 2.22. The maximum atomic E-state index is 5.94. The minimum absolute atomic E-state index is 0.558. The van der Waals surface area contributed by atoms with Gasteiger partial charge in [-0.2, -0.15) is 0 Å². The van der Waals surface area contributed by atoms with E-state index in [9.17, 15) is 0 Å². The van der Waals surface area contributed by atoms with E-state index >= 15 is 0 Å². The maximum Gasteiger partial charge on any atom is 0.0448 e. The van der Waals surface area contributed by atoms with E-state index in [1.54, 1.807) is 0 Å². The van der Waals surface area contributed by atoms with E-state index < -0.39 is 0 Å². The van der Waals surface area contributed by atoms with Gasteiger partial charge < -0.3 is 5.73 Å². The van der Waals surface area contributed by atoms with Crippen molar-refractivity contribution >= 4 is 34.2 Å². The van der Waals surface area contributed by atoms with Crippen LogP contribution in [-0.2, 0) is 6.54 Å². The number of hydrogen-bond acceptors (Lipinski definition) is 1. The van der Waals surface area contributed by atoms with Crippen molar-refractivity contribution < 1.29 is 0 Å². The molecular weight excluding hydrogens is 272 g/mol. The quantitative estimate of drug-likeness (QED) is 0.787. The van der Waals surface area contributed by atoms with Crippen molar-refractivity contribution in [3.05, 3.63) is 31.9 Å². The molecule has 0 spiro atoms. The Morgan fingerprint density at radius 1 is 1.55 bits per heavy atom. The van der Waals surface area contributed by atoms with Gasteiger partial charge in [-0.15, -0.1) is 0 Å². The summed E-state index contributed by atoms with van der Waals surface area (Å²) in [4.78, 5) is 0. The smallest absolute Gasteiger partial charge is 0.0448 e. The van der Waals surface area contributed by atoms with Gasteiger partial charge in [-0.1, -0.05) is 11.6 Å². The van der Waals surface area contributed by atoms with E-state index in [1.807, 2.05) is 13.0 Å². The Morgan fingerprint density at radius 2 is 2.18 bits per heavy atom. The molecule has 0 aliphatic carbocycles. The van der Waals surface area contributed by atoms with Crippen LogP contribution in [-0.4, -0.2) is 0 Å². The molecule has 0 saturated carbocycles. The van der Waals surface area contributed by atoms with Crippen molar-refractivity contribution in [3.63, 3.8) is 0 Å². The first-order valence-electron chi connectivity index (χ1n) is 3.29. The Morgan fingerprint density at radius 3 is 2.73 bits per heavy atom. The summed E-state index contributed by atoms with van der Waals surface area (Å²) in [5.41, 5.74) is 7.75. The summed E-state index contributed by atoms with van der Waals surface area (Å²) in [6.07, 6.45) is 0. The number of nitrogens with two attached hydrogens (primary N) is 1. The Bertz CT molecular complexity index is 273. The lowest BCUT2D eigenvalue weighted by atomic mass is 10.1. The van der Waals surface area contributed by atoms with Gasteiger partial charge in [0.15, 0.2) is 0 Å². The van der Waals surface area contributed by atoms with Crippen molar-refractivity contribution in [2.24, 2.45) is 5.73 Å². The molecule has 0 atom stereocenters. The Labute approximate surface area is 85.1 Å². The number of benzene rings is 1. The zero-order valence-electron chi connectivity index (χ0n) is 6.20. The van der Waals surface area contributed by atoms with Gasteiger partial charge in [0.2, 0.25) is 0 Å². The summed E-state index contributed by atoms with van der Waals surface area (Å²) < 4.78 is 1.14. The molecule has 0 unspecified atom stereocenters. The molecule has 3 heteroatoms. The Kier molecular flexibility index (Phi) is 3.16. The minimum Gasteiger partial charge on any atom is -0.326 e. The average Bonchev–Trinajstić information content (AvgIpc) is 1.96. The summed E-state index contributed by atoms with van der Waals surface area (Å²) in [5, 5.41) is 0.803. The summed E-state index contributed by atoms with van der Waals surface area (Å²) in [7, 11) is 0. The van der Waals surface area contributed by atoms with Gasteiger partial charge in [0.1, 0.15) is 0 Å². The predicted octanol–water partition coefficient (Wildman–Crippen LogP) is 2.71. The summed E-state index contributed by atoms with van der Waals surface area (Å²) in [6, 6.07) is 4.00. The third-order valence-corrected chi connectivity index (χ3v) is 2.65. The van der Waals surface area contributed by atoms with Crippen LogP contribution >= 0.6 is 34.2 Å². The van der Waals surface area contributed by atoms with Crippen LogP contribution in [0.3, 0.4) is 0 Å². The molecule has 60 valence electrons. The fourth-order valence-electron chi connectivity index (χ4n) is 0.911. The van der Waals surface area contributed by atoms with E-state index in [4.69, 9.17) is 17.3 Å². The molecule has 1 aromatic carbocycles. The lowest BCUT2D eigenvalue weighted by Crippen LogP contribution is -1.99. The molecule has 11 heavy (non-hydrogen) atoms. The zero-order chi connectivity index (χ0) is 8.43. The molecule has 2 N–H and O–H groups in total. The number of halogens is 2. The molecule has 0 radical (unpaired) electrons. The lowest BCUT2D eigenvalue weighted by molar-refractivity contribution is 1.05. The highest BCUT2D eigenvalue weighted by atomic mass is 127. The largest absolute Gasteiger partial charge is 0.326 e. The molecule has 1 nitrogen and oxygen atoms in total. The van der Waals surface area contributed by atoms with Crippen molar-refractivity contribution in [1.29, 1.82) is 0 Å². The first kappa shape index (κ1) is 9.29. The fraction of sp³-hybridized carbons (Fsp3) is 0.250. The second-order valence-corrected chi connectivity index (χ2v) is 4.03. The van der Waals surface area contributed by atoms with Gasteiger partial charge in [-0.3, -0.25) is 0 Å². The predicted molar refractivity (Wildman–Crippen MR) is 56.8 cm³/mol. The van der Waals surface area contributed by atoms with E-state index in [2.05, 4.69) is 28.7 Å². The first-order chi connectivity index (χ1) is 5.15. The molecule has 1 aromatic rings. The standard InChI is InChI=1S/C8H9ClIN/c1-5-6(4-11)2-7(10)3-8(5)9/h2-3H,4,11H2,1H3. The molecule has 0 aliphatic rings. The Balaban J connectivity index is 3.24. The summed E-state index contributed by atoms with van der Waals surface area (Å²) in [6.45, 7) is 2.54. The first-order valence-corrected chi connectivity index (χ1v) is 4.75. The van der Waals surface area contributed by atoms with Crippen molar-refractivity contribution in [2.45, 2.75) is 13.5 Å². The maximum absolute atomic E-state index is 5.94. The molecule has 1 rings (SSSR count). The van der Waals surface area contributed by atoms with Gasteiger partial charge >= 0.3 is 0 Å². The second-order valence-electron chi connectivity index (χ2n) is 2.38. The topological polar surface area (TPSA) is 26.0 Å². The van der Waals surface area contributed by atoms with E-state index in [0.29, 0.717) is 6.54 Å². The van der Waals surface area contributed by atoms with E-state index in [1.165, 1.54) is 0 Å². The van der Waals surface area contributed by atoms with Gasteiger partial charge in [0.05, 0.1) is 0 Å². The van der Waals surface area contributed by atoms with Crippen LogP contribution < -0.4 is 5.73 Å². The van der Waals surface area contributed by atoms with Crippen LogP contribution in [0.1, 0.15) is 11.1 Å². The molecule has 0 amide bonds. The minimum atomic E-state index is 0.558. The average molecular weight is 282 g/mol. The van der Waals surface area contributed by atoms with E-state index in [0.717, 1.165) is 19.7 Å². The number of hydrogen-bond donors (Lipinski definition) is 1. The summed E-state index contributed by atoms with van der Waals surface area (Å²) >= 11 is 8.17.